The zero-order valence-corrected chi connectivity index (χ0v) is 24.8. The molecule has 4 nitrogen and oxygen atoms in total. The maximum atomic E-state index is 5.19. The van der Waals surface area contributed by atoms with Crippen molar-refractivity contribution >= 4 is 60.2 Å². The molecule has 0 aliphatic rings. The summed E-state index contributed by atoms with van der Waals surface area (Å²) in [6.07, 6.45) is 0. The first-order valence-electron chi connectivity index (χ1n) is 15.6. The van der Waals surface area contributed by atoms with Crippen LogP contribution >= 0.6 is 0 Å². The summed E-state index contributed by atoms with van der Waals surface area (Å²) in [6.45, 7) is 0. The molecule has 0 radical (unpaired) electrons. The summed E-state index contributed by atoms with van der Waals surface area (Å²) in [4.78, 5) is 10.3. The molecule has 0 N–H and O–H groups in total. The fourth-order valence-corrected chi connectivity index (χ4v) is 7.12. The molecule has 7 aromatic carbocycles. The maximum absolute atomic E-state index is 5.19. The van der Waals surface area contributed by atoms with Gasteiger partial charge in [0.15, 0.2) is 0 Å². The predicted molar refractivity (Wildman–Crippen MR) is 191 cm³/mol. The lowest BCUT2D eigenvalue weighted by Crippen LogP contribution is -1.97. The van der Waals surface area contributed by atoms with E-state index in [1.165, 1.54) is 38.0 Å². The van der Waals surface area contributed by atoms with Gasteiger partial charge in [0.05, 0.1) is 27.6 Å². The van der Waals surface area contributed by atoms with Crippen LogP contribution in [0.25, 0.3) is 88.4 Å². The molecule has 3 aromatic heterocycles. The van der Waals surface area contributed by atoms with Gasteiger partial charge in [-0.15, -0.1) is 0 Å². The topological polar surface area (TPSA) is 35.1 Å². The molecule has 0 aliphatic carbocycles. The van der Waals surface area contributed by atoms with E-state index in [2.05, 4.69) is 155 Å². The van der Waals surface area contributed by atoms with Crippen molar-refractivity contribution in [2.75, 3.05) is 0 Å². The molecule has 10 rings (SSSR count). The van der Waals surface area contributed by atoms with Crippen LogP contribution < -0.4 is 0 Å². The van der Waals surface area contributed by atoms with E-state index in [4.69, 9.17) is 9.97 Å². The molecule has 0 spiro atoms. The molecule has 0 bridgehead atoms. The van der Waals surface area contributed by atoms with E-state index in [1.54, 1.807) is 0 Å². The van der Waals surface area contributed by atoms with Crippen LogP contribution in [0.3, 0.4) is 0 Å². The van der Waals surface area contributed by atoms with Gasteiger partial charge in [-0.05, 0) is 81.9 Å². The van der Waals surface area contributed by atoms with Crippen LogP contribution in [0, 0.1) is 0 Å². The number of pyridine rings is 1. The highest BCUT2D eigenvalue weighted by molar-refractivity contribution is 6.13. The van der Waals surface area contributed by atoms with Crippen molar-refractivity contribution < 1.29 is 0 Å². The van der Waals surface area contributed by atoms with E-state index in [0.717, 1.165) is 50.4 Å². The number of hydrogen-bond acceptors (Lipinski definition) is 2. The zero-order chi connectivity index (χ0) is 30.2. The molecular formula is C42H26N4. The lowest BCUT2D eigenvalue weighted by atomic mass is 9.99. The standard InChI is InChI=1S/C42H26N4/c1-2-10-32(11-3-1)45-39-17-9-7-15-36(39)43-41(45)31-21-20-27-24-28(18-19-29(27)25-31)30-22-23-40-37(26-30)44-42-35-14-5-4-12-33(35)34-13-6-8-16-38(34)46(40)42/h1-26H. The van der Waals surface area contributed by atoms with Gasteiger partial charge in [-0.1, -0.05) is 103 Å². The maximum Gasteiger partial charge on any atom is 0.146 e. The Hall–Kier alpha value is -6.26. The Balaban J connectivity index is 1.10. The smallest absolute Gasteiger partial charge is 0.146 e. The van der Waals surface area contributed by atoms with E-state index in [9.17, 15) is 0 Å². The number of rotatable bonds is 3. The van der Waals surface area contributed by atoms with Gasteiger partial charge in [-0.25, -0.2) is 9.97 Å². The van der Waals surface area contributed by atoms with Crippen molar-refractivity contribution in [2.24, 2.45) is 0 Å². The Morgan fingerprint density at radius 3 is 1.87 bits per heavy atom. The first-order chi connectivity index (χ1) is 22.8. The fraction of sp³-hybridized carbons (Fsp3) is 0. The van der Waals surface area contributed by atoms with Crippen molar-refractivity contribution in [1.82, 2.24) is 18.9 Å². The van der Waals surface area contributed by atoms with Gasteiger partial charge in [0.1, 0.15) is 11.5 Å². The van der Waals surface area contributed by atoms with Crippen LogP contribution in [0.15, 0.2) is 158 Å². The highest BCUT2D eigenvalue weighted by Crippen LogP contribution is 2.35. The highest BCUT2D eigenvalue weighted by Gasteiger charge is 2.16. The van der Waals surface area contributed by atoms with E-state index < -0.39 is 0 Å². The summed E-state index contributed by atoms with van der Waals surface area (Å²) in [5, 5.41) is 6.01. The van der Waals surface area contributed by atoms with E-state index in [1.807, 2.05) is 12.1 Å². The summed E-state index contributed by atoms with van der Waals surface area (Å²) < 4.78 is 4.56. The molecule has 10 aromatic rings. The highest BCUT2D eigenvalue weighted by atomic mass is 15.1. The monoisotopic (exact) mass is 586 g/mol. The molecule has 214 valence electrons. The average molecular weight is 587 g/mol. The van der Waals surface area contributed by atoms with Crippen LogP contribution in [-0.4, -0.2) is 18.9 Å². The van der Waals surface area contributed by atoms with Gasteiger partial charge < -0.3 is 0 Å². The van der Waals surface area contributed by atoms with Crippen LogP contribution in [0.5, 0.6) is 0 Å². The van der Waals surface area contributed by atoms with Gasteiger partial charge >= 0.3 is 0 Å². The molecular weight excluding hydrogens is 560 g/mol. The van der Waals surface area contributed by atoms with Gasteiger partial charge in [-0.3, -0.25) is 8.97 Å². The molecule has 0 fully saturated rings. The van der Waals surface area contributed by atoms with Crippen LogP contribution in [0.2, 0.25) is 0 Å². The first kappa shape index (κ1) is 25.1. The van der Waals surface area contributed by atoms with Crippen molar-refractivity contribution in [3.63, 3.8) is 0 Å². The molecule has 4 heteroatoms. The molecule has 0 saturated carbocycles. The van der Waals surface area contributed by atoms with Crippen molar-refractivity contribution in [2.45, 2.75) is 0 Å². The summed E-state index contributed by atoms with van der Waals surface area (Å²) in [5.41, 5.74) is 10.9. The Morgan fingerprint density at radius 2 is 1.02 bits per heavy atom. The summed E-state index contributed by atoms with van der Waals surface area (Å²) in [7, 11) is 0. The minimum absolute atomic E-state index is 0.940. The minimum atomic E-state index is 0.940. The number of aromatic nitrogens is 4. The molecule has 0 aliphatic heterocycles. The fourth-order valence-electron chi connectivity index (χ4n) is 7.12. The molecule has 3 heterocycles. The quantitative estimate of drug-likeness (QED) is 0.193. The third kappa shape index (κ3) is 3.67. The average Bonchev–Trinajstić information content (AvgIpc) is 3.71. The van der Waals surface area contributed by atoms with Gasteiger partial charge in [0.2, 0.25) is 0 Å². The third-order valence-corrected chi connectivity index (χ3v) is 9.26. The molecule has 0 saturated heterocycles. The molecule has 0 atom stereocenters. The third-order valence-electron chi connectivity index (χ3n) is 9.26. The van der Waals surface area contributed by atoms with Crippen LogP contribution in [-0.2, 0) is 0 Å². The summed E-state index contributed by atoms with van der Waals surface area (Å²) in [5.74, 6) is 0.940. The van der Waals surface area contributed by atoms with Crippen LogP contribution in [0.1, 0.15) is 0 Å². The lowest BCUT2D eigenvalue weighted by molar-refractivity contribution is 1.10. The Labute approximate surface area is 264 Å². The second kappa shape index (κ2) is 9.62. The van der Waals surface area contributed by atoms with Crippen molar-refractivity contribution in [3.8, 4) is 28.2 Å². The Kier molecular flexibility index (Phi) is 5.25. The normalized spacial score (nSPS) is 11.9. The summed E-state index contributed by atoms with van der Waals surface area (Å²) >= 11 is 0. The van der Waals surface area contributed by atoms with E-state index in [0.29, 0.717) is 0 Å². The van der Waals surface area contributed by atoms with E-state index >= 15 is 0 Å². The van der Waals surface area contributed by atoms with E-state index in [-0.39, 0.29) is 0 Å². The number of fused-ring (bicyclic) bond motifs is 10. The number of imidazole rings is 2. The first-order valence-corrected chi connectivity index (χ1v) is 15.6. The Morgan fingerprint density at radius 1 is 0.391 bits per heavy atom. The zero-order valence-electron chi connectivity index (χ0n) is 24.8. The number of hydrogen-bond donors (Lipinski definition) is 0. The molecule has 0 unspecified atom stereocenters. The van der Waals surface area contributed by atoms with Gasteiger partial charge in [0, 0.05) is 22.0 Å². The number of para-hydroxylation sites is 4. The predicted octanol–water partition coefficient (Wildman–Crippen LogP) is 10.6. The van der Waals surface area contributed by atoms with Gasteiger partial charge in [0.25, 0.3) is 0 Å². The van der Waals surface area contributed by atoms with Gasteiger partial charge in [-0.2, -0.15) is 0 Å². The minimum Gasteiger partial charge on any atom is -0.292 e. The summed E-state index contributed by atoms with van der Waals surface area (Å²) in [6, 6.07) is 56.0. The van der Waals surface area contributed by atoms with Crippen LogP contribution in [0.4, 0.5) is 0 Å². The van der Waals surface area contributed by atoms with Crippen molar-refractivity contribution in [3.05, 3.63) is 158 Å². The van der Waals surface area contributed by atoms with Crippen molar-refractivity contribution in [1.29, 1.82) is 0 Å². The molecule has 0 amide bonds. The largest absolute Gasteiger partial charge is 0.292 e. The second-order valence-electron chi connectivity index (χ2n) is 11.9. The number of benzene rings is 7. The lowest BCUT2D eigenvalue weighted by Gasteiger charge is -2.11. The second-order valence-corrected chi connectivity index (χ2v) is 11.9. The SMILES string of the molecule is c1ccc(-n2c(-c3ccc4cc(-c5ccc6c(c5)nc5c7ccccc7c7ccccc7n65)ccc4c3)nc3ccccc32)cc1. The molecule has 46 heavy (non-hydrogen) atoms. The Bertz CT molecular complexity index is 2810. The number of nitrogens with zero attached hydrogens (tertiary/aromatic N) is 4.